The molecule has 3 N–H and O–H groups in total. The molecule has 0 bridgehead atoms. The fraction of sp³-hybridized carbons (Fsp3) is 0.400. The Morgan fingerprint density at radius 3 is 2.70 bits per heavy atom. The van der Waals surface area contributed by atoms with Gasteiger partial charge in [0.25, 0.3) is 0 Å². The molecule has 3 aromatic rings. The average Bonchev–Trinajstić information content (AvgIpc) is 3.21. The molecule has 0 amide bonds. The molecule has 0 fully saturated rings. The number of nitrogens with one attached hydrogen (secondary N) is 1. The van der Waals surface area contributed by atoms with Gasteiger partial charge >= 0.3 is 0 Å². The normalized spacial score (nSPS) is 11.4. The van der Waals surface area contributed by atoms with E-state index in [2.05, 4.69) is 47.6 Å². The molecule has 122 valence electrons. The van der Waals surface area contributed by atoms with Crippen LogP contribution in [0.4, 0.5) is 0 Å². The van der Waals surface area contributed by atoms with Gasteiger partial charge in [-0.1, -0.05) is 37.6 Å². The van der Waals surface area contributed by atoms with Gasteiger partial charge in [-0.25, -0.2) is 0 Å². The van der Waals surface area contributed by atoms with Crippen molar-refractivity contribution in [3.63, 3.8) is 0 Å². The lowest BCUT2D eigenvalue weighted by atomic mass is 10.0. The fourth-order valence-electron chi connectivity index (χ4n) is 3.25. The molecule has 2 aromatic heterocycles. The van der Waals surface area contributed by atoms with E-state index < -0.39 is 0 Å². The molecule has 0 saturated heterocycles. The smallest absolute Gasteiger partial charge is 0.0598 e. The maximum atomic E-state index is 5.69. The third kappa shape index (κ3) is 3.51. The Bertz CT molecular complexity index is 740. The van der Waals surface area contributed by atoms with Gasteiger partial charge in [-0.05, 0) is 61.2 Å². The van der Waals surface area contributed by atoms with Crippen molar-refractivity contribution in [1.82, 2.24) is 4.98 Å². The van der Waals surface area contributed by atoms with Gasteiger partial charge in [0.1, 0.15) is 0 Å². The molecule has 1 aromatic carbocycles. The summed E-state index contributed by atoms with van der Waals surface area (Å²) in [7, 11) is 0. The van der Waals surface area contributed by atoms with Crippen molar-refractivity contribution < 1.29 is 0 Å². The molecule has 0 saturated carbocycles. The van der Waals surface area contributed by atoms with E-state index in [1.54, 1.807) is 0 Å². The summed E-state index contributed by atoms with van der Waals surface area (Å²) in [5.41, 5.74) is 11.3. The van der Waals surface area contributed by atoms with Crippen LogP contribution in [0.1, 0.15) is 43.7 Å². The van der Waals surface area contributed by atoms with Gasteiger partial charge in [-0.2, -0.15) is 0 Å². The maximum Gasteiger partial charge on any atom is 0.0598 e. The lowest BCUT2D eigenvalue weighted by molar-refractivity contribution is 0.748. The number of aromatic nitrogens is 1. The van der Waals surface area contributed by atoms with Crippen LogP contribution in [0.25, 0.3) is 21.5 Å². The molecule has 3 rings (SSSR count). The molecule has 0 aliphatic rings. The van der Waals surface area contributed by atoms with Crippen LogP contribution in [0.15, 0.2) is 35.7 Å². The summed E-state index contributed by atoms with van der Waals surface area (Å²) >= 11 is 1.81. The second-order valence-corrected chi connectivity index (χ2v) is 7.09. The van der Waals surface area contributed by atoms with Crippen LogP contribution in [-0.2, 0) is 12.8 Å². The molecule has 2 heterocycles. The molecule has 0 spiro atoms. The first-order valence-corrected chi connectivity index (χ1v) is 9.59. The highest BCUT2D eigenvalue weighted by Gasteiger charge is 2.15. The third-order valence-corrected chi connectivity index (χ3v) is 5.36. The van der Waals surface area contributed by atoms with E-state index >= 15 is 0 Å². The number of hydrogen-bond donors (Lipinski definition) is 2. The Morgan fingerprint density at radius 2 is 1.96 bits per heavy atom. The quantitative estimate of drug-likeness (QED) is 0.526. The van der Waals surface area contributed by atoms with Crippen molar-refractivity contribution in [2.45, 2.75) is 45.4 Å². The minimum Gasteiger partial charge on any atom is -0.353 e. The summed E-state index contributed by atoms with van der Waals surface area (Å²) in [6, 6.07) is 11.1. The van der Waals surface area contributed by atoms with Crippen LogP contribution in [0, 0.1) is 0 Å². The number of benzene rings is 1. The molecule has 2 nitrogen and oxygen atoms in total. The predicted molar refractivity (Wildman–Crippen MR) is 102 cm³/mol. The summed E-state index contributed by atoms with van der Waals surface area (Å²) in [5, 5.41) is 3.56. The highest BCUT2D eigenvalue weighted by Crippen LogP contribution is 2.35. The number of hydrogen-bond acceptors (Lipinski definition) is 2. The number of nitrogens with two attached hydrogens (primary N) is 1. The van der Waals surface area contributed by atoms with E-state index in [1.165, 1.54) is 45.4 Å². The number of fused-ring (bicyclic) bond motifs is 1. The zero-order valence-electron chi connectivity index (χ0n) is 13.9. The lowest BCUT2D eigenvalue weighted by Gasteiger charge is -2.04. The minimum absolute atomic E-state index is 0.776. The topological polar surface area (TPSA) is 41.8 Å². The van der Waals surface area contributed by atoms with Crippen molar-refractivity contribution in [1.29, 1.82) is 0 Å². The molecule has 0 atom stereocenters. The number of para-hydroxylation sites is 1. The molecule has 3 heteroatoms. The molecule has 0 radical (unpaired) electrons. The monoisotopic (exact) mass is 326 g/mol. The second kappa shape index (κ2) is 7.80. The van der Waals surface area contributed by atoms with E-state index in [0.717, 1.165) is 32.2 Å². The van der Waals surface area contributed by atoms with Crippen molar-refractivity contribution in [3.8, 4) is 10.6 Å². The number of unbranched alkanes of at least 4 members (excludes halogenated alkanes) is 2. The minimum atomic E-state index is 0.776. The number of aryl methyl sites for hydroxylation is 2. The maximum absolute atomic E-state index is 5.69. The standard InChI is InChI=1S/C20H26N2S/c1-2-3-8-15-9-6-11-16-17(10-4-5-13-21)20(22-19(15)16)18-12-7-14-23-18/h6-7,9,11-12,14,22H,2-5,8,10,13,21H2,1H3. The SMILES string of the molecule is CCCCc1cccc2c(CCCCN)c(-c3cccs3)[nH]c12. The first-order valence-electron chi connectivity index (χ1n) is 8.71. The Kier molecular flexibility index (Phi) is 5.52. The molecule has 0 aliphatic carbocycles. The zero-order valence-corrected chi connectivity index (χ0v) is 14.7. The first kappa shape index (κ1) is 16.3. The van der Waals surface area contributed by atoms with Gasteiger partial charge in [-0.3, -0.25) is 0 Å². The van der Waals surface area contributed by atoms with E-state index in [-0.39, 0.29) is 0 Å². The molecule has 0 unspecified atom stereocenters. The van der Waals surface area contributed by atoms with Crippen molar-refractivity contribution >= 4 is 22.2 Å². The molecule has 23 heavy (non-hydrogen) atoms. The van der Waals surface area contributed by atoms with Gasteiger partial charge in [0.15, 0.2) is 0 Å². The summed E-state index contributed by atoms with van der Waals surface area (Å²) in [6.07, 6.45) is 6.97. The van der Waals surface area contributed by atoms with Crippen LogP contribution in [0.2, 0.25) is 0 Å². The van der Waals surface area contributed by atoms with Crippen LogP contribution < -0.4 is 5.73 Å². The van der Waals surface area contributed by atoms with Crippen molar-refractivity contribution in [2.24, 2.45) is 5.73 Å². The first-order chi connectivity index (χ1) is 11.3. The number of aromatic amines is 1. The fourth-order valence-corrected chi connectivity index (χ4v) is 4.00. The van der Waals surface area contributed by atoms with Crippen LogP contribution >= 0.6 is 11.3 Å². The van der Waals surface area contributed by atoms with E-state index in [0.29, 0.717) is 0 Å². The van der Waals surface area contributed by atoms with Gasteiger partial charge in [0.2, 0.25) is 0 Å². The zero-order chi connectivity index (χ0) is 16.1. The number of H-pyrrole nitrogens is 1. The Balaban J connectivity index is 2.06. The summed E-state index contributed by atoms with van der Waals surface area (Å²) in [4.78, 5) is 5.09. The van der Waals surface area contributed by atoms with E-state index in [1.807, 2.05) is 11.3 Å². The van der Waals surface area contributed by atoms with Gasteiger partial charge in [-0.15, -0.1) is 11.3 Å². The summed E-state index contributed by atoms with van der Waals surface area (Å²) in [5.74, 6) is 0. The van der Waals surface area contributed by atoms with E-state index in [9.17, 15) is 0 Å². The molecular formula is C20H26N2S. The Morgan fingerprint density at radius 1 is 1.04 bits per heavy atom. The van der Waals surface area contributed by atoms with Crippen molar-refractivity contribution in [2.75, 3.05) is 6.54 Å². The Hall–Kier alpha value is -1.58. The summed E-state index contributed by atoms with van der Waals surface area (Å²) < 4.78 is 0. The number of thiophene rings is 1. The third-order valence-electron chi connectivity index (χ3n) is 4.48. The van der Waals surface area contributed by atoms with Crippen LogP contribution in [-0.4, -0.2) is 11.5 Å². The van der Waals surface area contributed by atoms with Crippen LogP contribution in [0.5, 0.6) is 0 Å². The number of rotatable bonds is 8. The predicted octanol–water partition coefficient (Wildman–Crippen LogP) is 5.52. The Labute approximate surface area is 142 Å². The largest absolute Gasteiger partial charge is 0.353 e. The average molecular weight is 327 g/mol. The van der Waals surface area contributed by atoms with Gasteiger partial charge in [0, 0.05) is 10.9 Å². The second-order valence-electron chi connectivity index (χ2n) is 6.14. The van der Waals surface area contributed by atoms with E-state index in [4.69, 9.17) is 5.73 Å². The van der Waals surface area contributed by atoms with Gasteiger partial charge in [0.05, 0.1) is 10.6 Å². The highest BCUT2D eigenvalue weighted by atomic mass is 32.1. The van der Waals surface area contributed by atoms with Crippen molar-refractivity contribution in [3.05, 3.63) is 46.8 Å². The molecule has 0 aliphatic heterocycles. The lowest BCUT2D eigenvalue weighted by Crippen LogP contribution is -1.99. The summed E-state index contributed by atoms with van der Waals surface area (Å²) in [6.45, 7) is 3.03. The highest BCUT2D eigenvalue weighted by molar-refractivity contribution is 7.13. The molecular weight excluding hydrogens is 300 g/mol. The van der Waals surface area contributed by atoms with Gasteiger partial charge < -0.3 is 10.7 Å². The van der Waals surface area contributed by atoms with Crippen LogP contribution in [0.3, 0.4) is 0 Å².